The fourth-order valence-electron chi connectivity index (χ4n) is 6.65. The van der Waals surface area contributed by atoms with E-state index in [-0.39, 0.29) is 10.8 Å². The molecule has 4 nitrogen and oxygen atoms in total. The first kappa shape index (κ1) is 29.9. The van der Waals surface area contributed by atoms with E-state index in [2.05, 4.69) is 178 Å². The summed E-state index contributed by atoms with van der Waals surface area (Å²) in [5.74, 6) is 0.920. The summed E-state index contributed by atoms with van der Waals surface area (Å²) >= 11 is 0. The summed E-state index contributed by atoms with van der Waals surface area (Å²) in [6, 6.07) is 45.5. The monoisotopic (exact) mass is 624 g/mol. The van der Waals surface area contributed by atoms with Gasteiger partial charge in [0.15, 0.2) is 0 Å². The van der Waals surface area contributed by atoms with Crippen LogP contribution < -0.4 is 0 Å². The molecule has 0 fully saturated rings. The Kier molecular flexibility index (Phi) is 6.89. The lowest BCUT2D eigenvalue weighted by atomic mass is 9.84. The third-order valence-corrected chi connectivity index (χ3v) is 9.41. The molecule has 3 heterocycles. The summed E-state index contributed by atoms with van der Waals surface area (Å²) in [6.45, 7) is 13.6. The molecule has 0 spiro atoms. The van der Waals surface area contributed by atoms with Crippen LogP contribution in [0.15, 0.2) is 127 Å². The Morgan fingerprint density at radius 2 is 1.25 bits per heavy atom. The molecule has 5 aromatic carbocycles. The second-order valence-corrected chi connectivity index (χ2v) is 15.0. The summed E-state index contributed by atoms with van der Waals surface area (Å²) in [4.78, 5) is 14.3. The van der Waals surface area contributed by atoms with Crippen molar-refractivity contribution in [3.8, 4) is 39.6 Å². The van der Waals surface area contributed by atoms with Gasteiger partial charge in [-0.25, -0.2) is 9.97 Å². The lowest BCUT2D eigenvalue weighted by Crippen LogP contribution is -2.12. The van der Waals surface area contributed by atoms with Crippen molar-refractivity contribution in [2.24, 2.45) is 0 Å². The van der Waals surface area contributed by atoms with E-state index >= 15 is 0 Å². The molecule has 0 aliphatic carbocycles. The molecule has 0 atom stereocenters. The highest BCUT2D eigenvalue weighted by atomic mass is 15.1. The topological polar surface area (TPSA) is 46.5 Å². The number of fused-ring (bicyclic) bond motifs is 3. The van der Waals surface area contributed by atoms with Crippen molar-refractivity contribution >= 4 is 32.8 Å². The first-order chi connectivity index (χ1) is 23.0. The van der Waals surface area contributed by atoms with Crippen molar-refractivity contribution in [1.82, 2.24) is 19.5 Å². The first-order valence-corrected chi connectivity index (χ1v) is 16.8. The standard InChI is InChI=1S/C44H40N4/c1-43(2,3)32-24-30(22-31(25-32)42-47-38-18-12-13-19-40(38)48(42)34-15-8-7-9-16-34)37-21-20-29-23-33(44(4,5)6)27-35(41(29)46-37)39-26-28-14-10-11-17-36(28)45-39/h7-27,45H,1-6H3. The number of hydrogen-bond acceptors (Lipinski definition) is 2. The average Bonchev–Trinajstić information content (AvgIpc) is 3.69. The van der Waals surface area contributed by atoms with Gasteiger partial charge in [0.25, 0.3) is 0 Å². The van der Waals surface area contributed by atoms with E-state index in [9.17, 15) is 0 Å². The van der Waals surface area contributed by atoms with E-state index in [1.807, 2.05) is 0 Å². The molecule has 3 aromatic heterocycles. The zero-order chi connectivity index (χ0) is 33.2. The van der Waals surface area contributed by atoms with Gasteiger partial charge in [-0.1, -0.05) is 96.1 Å². The van der Waals surface area contributed by atoms with E-state index in [1.165, 1.54) is 16.5 Å². The van der Waals surface area contributed by atoms with Gasteiger partial charge in [-0.2, -0.15) is 0 Å². The minimum absolute atomic E-state index is 0.00617. The van der Waals surface area contributed by atoms with E-state index in [4.69, 9.17) is 9.97 Å². The second kappa shape index (κ2) is 11.1. The largest absolute Gasteiger partial charge is 0.354 e. The molecule has 0 bridgehead atoms. The summed E-state index contributed by atoms with van der Waals surface area (Å²) < 4.78 is 2.27. The van der Waals surface area contributed by atoms with Gasteiger partial charge >= 0.3 is 0 Å². The maximum Gasteiger partial charge on any atom is 0.145 e. The van der Waals surface area contributed by atoms with Crippen molar-refractivity contribution in [3.05, 3.63) is 139 Å². The molecule has 4 heteroatoms. The molecule has 0 unspecified atom stereocenters. The Labute approximate surface area is 282 Å². The predicted octanol–water partition coefficient (Wildman–Crippen LogP) is 11.7. The summed E-state index contributed by atoms with van der Waals surface area (Å²) in [5, 5.41) is 2.33. The predicted molar refractivity (Wildman–Crippen MR) is 202 cm³/mol. The molecule has 0 saturated carbocycles. The van der Waals surface area contributed by atoms with Crippen molar-refractivity contribution in [2.45, 2.75) is 52.4 Å². The number of imidazole rings is 1. The highest BCUT2D eigenvalue weighted by Crippen LogP contribution is 2.39. The number of para-hydroxylation sites is 4. The second-order valence-electron chi connectivity index (χ2n) is 15.0. The van der Waals surface area contributed by atoms with Crippen molar-refractivity contribution in [3.63, 3.8) is 0 Å². The van der Waals surface area contributed by atoms with Crippen LogP contribution in [0.4, 0.5) is 0 Å². The molecule has 236 valence electrons. The number of nitrogens with zero attached hydrogens (tertiary/aromatic N) is 3. The normalized spacial score (nSPS) is 12.4. The van der Waals surface area contributed by atoms with Crippen molar-refractivity contribution in [1.29, 1.82) is 0 Å². The number of aromatic amines is 1. The number of benzene rings is 5. The van der Waals surface area contributed by atoms with E-state index < -0.39 is 0 Å². The fourth-order valence-corrected chi connectivity index (χ4v) is 6.65. The number of nitrogens with one attached hydrogen (secondary N) is 1. The zero-order valence-corrected chi connectivity index (χ0v) is 28.5. The van der Waals surface area contributed by atoms with Gasteiger partial charge in [-0.05, 0) is 94.8 Å². The molecule has 48 heavy (non-hydrogen) atoms. The number of pyridine rings is 1. The maximum absolute atomic E-state index is 5.45. The molecule has 0 saturated heterocycles. The van der Waals surface area contributed by atoms with Gasteiger partial charge in [0.05, 0.1) is 22.2 Å². The molecule has 8 rings (SSSR count). The van der Waals surface area contributed by atoms with E-state index in [0.717, 1.165) is 67.0 Å². The van der Waals surface area contributed by atoms with Gasteiger partial charge in [0.1, 0.15) is 5.82 Å². The summed E-state index contributed by atoms with van der Waals surface area (Å²) in [6.07, 6.45) is 0. The Bertz CT molecular complexity index is 2430. The van der Waals surface area contributed by atoms with Crippen LogP contribution in [0.1, 0.15) is 52.7 Å². The SMILES string of the molecule is CC(C)(C)c1cc(-c2ccc3cc(C(C)(C)C)cc(-c4cc5ccccc5[nH]4)c3n2)cc(-c2nc3ccccc3n2-c2ccccc2)c1. The molecule has 0 radical (unpaired) electrons. The molecule has 1 N–H and O–H groups in total. The van der Waals surface area contributed by atoms with Crippen LogP contribution in [0.3, 0.4) is 0 Å². The molecule has 0 aliphatic rings. The van der Waals surface area contributed by atoms with Crippen LogP contribution >= 0.6 is 0 Å². The van der Waals surface area contributed by atoms with Crippen LogP contribution in [-0.2, 0) is 10.8 Å². The van der Waals surface area contributed by atoms with Crippen LogP contribution in [0.5, 0.6) is 0 Å². The van der Waals surface area contributed by atoms with Crippen LogP contribution in [-0.4, -0.2) is 19.5 Å². The van der Waals surface area contributed by atoms with Gasteiger partial charge < -0.3 is 4.98 Å². The Balaban J connectivity index is 1.37. The Morgan fingerprint density at radius 3 is 2.02 bits per heavy atom. The zero-order valence-electron chi connectivity index (χ0n) is 28.5. The highest BCUT2D eigenvalue weighted by molar-refractivity contribution is 5.98. The lowest BCUT2D eigenvalue weighted by molar-refractivity contribution is 0.590. The van der Waals surface area contributed by atoms with Crippen molar-refractivity contribution in [2.75, 3.05) is 0 Å². The summed E-state index contributed by atoms with van der Waals surface area (Å²) in [5.41, 5.74) is 13.0. The molecular formula is C44H40N4. The van der Waals surface area contributed by atoms with Crippen molar-refractivity contribution < 1.29 is 0 Å². The van der Waals surface area contributed by atoms with Gasteiger partial charge in [-0.3, -0.25) is 4.57 Å². The van der Waals surface area contributed by atoms with Crippen LogP contribution in [0.25, 0.3) is 72.4 Å². The van der Waals surface area contributed by atoms with Crippen LogP contribution in [0.2, 0.25) is 0 Å². The lowest BCUT2D eigenvalue weighted by Gasteiger charge is -2.22. The number of aromatic nitrogens is 4. The summed E-state index contributed by atoms with van der Waals surface area (Å²) in [7, 11) is 0. The first-order valence-electron chi connectivity index (χ1n) is 16.8. The average molecular weight is 625 g/mol. The van der Waals surface area contributed by atoms with E-state index in [1.54, 1.807) is 0 Å². The third-order valence-electron chi connectivity index (χ3n) is 9.41. The quantitative estimate of drug-likeness (QED) is 0.212. The molecule has 0 amide bonds. The van der Waals surface area contributed by atoms with E-state index in [0.29, 0.717) is 0 Å². The molecular weight excluding hydrogens is 585 g/mol. The maximum atomic E-state index is 5.45. The van der Waals surface area contributed by atoms with Gasteiger partial charge in [-0.15, -0.1) is 0 Å². The number of hydrogen-bond donors (Lipinski definition) is 1. The minimum atomic E-state index is -0.0810. The number of rotatable bonds is 4. The molecule has 0 aliphatic heterocycles. The highest BCUT2D eigenvalue weighted by Gasteiger charge is 2.22. The third kappa shape index (κ3) is 5.28. The minimum Gasteiger partial charge on any atom is -0.354 e. The van der Waals surface area contributed by atoms with Crippen LogP contribution in [0, 0.1) is 0 Å². The fraction of sp³-hybridized carbons (Fsp3) is 0.182. The van der Waals surface area contributed by atoms with Gasteiger partial charge in [0, 0.05) is 44.4 Å². The number of H-pyrrole nitrogens is 1. The Morgan fingerprint density at radius 1 is 0.562 bits per heavy atom. The smallest absolute Gasteiger partial charge is 0.145 e. The Hall–Kier alpha value is -5.48. The molecule has 8 aromatic rings. The van der Waals surface area contributed by atoms with Gasteiger partial charge in [0.2, 0.25) is 0 Å².